The number of aryl methyl sites for hydroxylation is 1. The molecule has 0 aliphatic rings. The lowest BCUT2D eigenvalue weighted by Gasteiger charge is -1.97. The molecule has 0 saturated heterocycles. The number of hydrogen-bond donors (Lipinski definition) is 1. The molecule has 5 nitrogen and oxygen atoms in total. The van der Waals surface area contributed by atoms with Gasteiger partial charge in [-0.1, -0.05) is 0 Å². The van der Waals surface area contributed by atoms with E-state index in [-0.39, 0.29) is 0 Å². The first-order valence-electron chi connectivity index (χ1n) is 5.33. The molecule has 17 heavy (non-hydrogen) atoms. The Morgan fingerprint density at radius 3 is 2.94 bits per heavy atom. The molecule has 0 atom stereocenters. The van der Waals surface area contributed by atoms with Crippen LogP contribution in [0.5, 0.6) is 0 Å². The van der Waals surface area contributed by atoms with Crippen LogP contribution in [0.1, 0.15) is 0 Å². The van der Waals surface area contributed by atoms with Gasteiger partial charge in [0.15, 0.2) is 5.76 Å². The van der Waals surface area contributed by atoms with Crippen molar-refractivity contribution < 1.29 is 4.42 Å². The molecule has 0 radical (unpaired) electrons. The fourth-order valence-electron chi connectivity index (χ4n) is 1.81. The maximum absolute atomic E-state index is 5.52. The van der Waals surface area contributed by atoms with E-state index in [0.717, 1.165) is 22.4 Å². The first-order valence-corrected chi connectivity index (χ1v) is 5.33. The molecule has 0 saturated carbocycles. The van der Waals surface area contributed by atoms with Gasteiger partial charge in [-0.25, -0.2) is 9.97 Å². The second kappa shape index (κ2) is 3.62. The summed E-state index contributed by atoms with van der Waals surface area (Å²) >= 11 is 0. The van der Waals surface area contributed by atoms with Crippen molar-refractivity contribution in [3.8, 4) is 11.3 Å². The fraction of sp³-hybridized carbons (Fsp3) is 0.167. The zero-order valence-electron chi connectivity index (χ0n) is 9.64. The van der Waals surface area contributed by atoms with Crippen molar-refractivity contribution in [1.29, 1.82) is 0 Å². The van der Waals surface area contributed by atoms with E-state index in [4.69, 9.17) is 4.42 Å². The molecule has 2 heterocycles. The third-order valence-electron chi connectivity index (χ3n) is 2.73. The third-order valence-corrected chi connectivity index (χ3v) is 2.73. The monoisotopic (exact) mass is 228 g/mol. The van der Waals surface area contributed by atoms with Gasteiger partial charge in [-0.15, -0.1) is 0 Å². The van der Waals surface area contributed by atoms with Crippen molar-refractivity contribution in [2.75, 3.05) is 12.4 Å². The number of hydrogen-bond acceptors (Lipinski definition) is 4. The van der Waals surface area contributed by atoms with Crippen molar-refractivity contribution in [3.63, 3.8) is 0 Å². The first kappa shape index (κ1) is 9.89. The van der Waals surface area contributed by atoms with Crippen molar-refractivity contribution in [2.24, 2.45) is 7.05 Å². The van der Waals surface area contributed by atoms with Gasteiger partial charge < -0.3 is 14.3 Å². The van der Waals surface area contributed by atoms with Crippen LogP contribution in [-0.2, 0) is 7.05 Å². The average Bonchev–Trinajstić information content (AvgIpc) is 2.96. The molecule has 5 heteroatoms. The minimum Gasteiger partial charge on any atom is -0.424 e. The van der Waals surface area contributed by atoms with Crippen LogP contribution in [0, 0.1) is 0 Å². The number of aromatic nitrogens is 3. The topological polar surface area (TPSA) is 55.9 Å². The van der Waals surface area contributed by atoms with Crippen molar-refractivity contribution in [1.82, 2.24) is 14.5 Å². The summed E-state index contributed by atoms with van der Waals surface area (Å²) in [5.41, 5.74) is 3.03. The van der Waals surface area contributed by atoms with Crippen LogP contribution in [0.25, 0.3) is 22.4 Å². The summed E-state index contributed by atoms with van der Waals surface area (Å²) in [6.07, 6.45) is 3.50. The molecule has 3 aromatic rings. The number of rotatable bonds is 2. The molecule has 0 fully saturated rings. The van der Waals surface area contributed by atoms with Crippen LogP contribution in [0.4, 0.5) is 6.01 Å². The number of fused-ring (bicyclic) bond motifs is 1. The quantitative estimate of drug-likeness (QED) is 0.731. The lowest BCUT2D eigenvalue weighted by Crippen LogP contribution is -1.85. The summed E-state index contributed by atoms with van der Waals surface area (Å²) in [5.74, 6) is 0.738. The van der Waals surface area contributed by atoms with Gasteiger partial charge >= 0.3 is 0 Å². The van der Waals surface area contributed by atoms with Crippen molar-refractivity contribution >= 4 is 17.0 Å². The SMILES string of the molecule is CNc1ncc(-c2ccc3c(c2)ncn3C)o1. The predicted octanol–water partition coefficient (Wildman–Crippen LogP) is 2.27. The van der Waals surface area contributed by atoms with E-state index < -0.39 is 0 Å². The number of imidazole rings is 1. The van der Waals surface area contributed by atoms with E-state index in [2.05, 4.69) is 15.3 Å². The highest BCUT2D eigenvalue weighted by atomic mass is 16.4. The van der Waals surface area contributed by atoms with E-state index in [1.54, 1.807) is 19.6 Å². The Labute approximate surface area is 98.1 Å². The average molecular weight is 228 g/mol. The molecular weight excluding hydrogens is 216 g/mol. The lowest BCUT2D eigenvalue weighted by molar-refractivity contribution is 0.590. The maximum atomic E-state index is 5.52. The molecule has 0 aliphatic heterocycles. The van der Waals surface area contributed by atoms with E-state index in [1.807, 2.05) is 29.8 Å². The molecule has 1 aromatic carbocycles. The summed E-state index contributed by atoms with van der Waals surface area (Å²) in [7, 11) is 3.75. The van der Waals surface area contributed by atoms with Gasteiger partial charge in [0.1, 0.15) is 0 Å². The van der Waals surface area contributed by atoms with Gasteiger partial charge in [-0.2, -0.15) is 0 Å². The molecule has 0 amide bonds. The van der Waals surface area contributed by atoms with E-state index in [0.29, 0.717) is 6.01 Å². The van der Waals surface area contributed by atoms with Gasteiger partial charge in [0.2, 0.25) is 0 Å². The minimum atomic E-state index is 0.515. The molecule has 0 spiro atoms. The highest BCUT2D eigenvalue weighted by Crippen LogP contribution is 2.25. The van der Waals surface area contributed by atoms with E-state index >= 15 is 0 Å². The number of nitrogens with one attached hydrogen (secondary N) is 1. The number of benzene rings is 1. The third kappa shape index (κ3) is 1.56. The van der Waals surface area contributed by atoms with Gasteiger partial charge in [0.25, 0.3) is 6.01 Å². The summed E-state index contributed by atoms with van der Waals surface area (Å²) in [6, 6.07) is 6.54. The van der Waals surface area contributed by atoms with Crippen LogP contribution in [-0.4, -0.2) is 21.6 Å². The standard InChI is InChI=1S/C12H12N4O/c1-13-12-14-6-11(17-12)8-3-4-10-9(5-8)15-7-16(10)2/h3-7H,1-2H3,(H,13,14). The van der Waals surface area contributed by atoms with E-state index in [1.165, 1.54) is 0 Å². The Morgan fingerprint density at radius 2 is 2.18 bits per heavy atom. The predicted molar refractivity (Wildman–Crippen MR) is 65.8 cm³/mol. The van der Waals surface area contributed by atoms with Crippen molar-refractivity contribution in [2.45, 2.75) is 0 Å². The summed E-state index contributed by atoms with van der Waals surface area (Å²) in [6.45, 7) is 0. The van der Waals surface area contributed by atoms with Crippen LogP contribution >= 0.6 is 0 Å². The van der Waals surface area contributed by atoms with Crippen LogP contribution in [0.15, 0.2) is 35.1 Å². The maximum Gasteiger partial charge on any atom is 0.294 e. The molecular formula is C12H12N4O. The summed E-state index contributed by atoms with van der Waals surface area (Å²) < 4.78 is 7.50. The molecule has 0 aliphatic carbocycles. The Kier molecular flexibility index (Phi) is 2.11. The Bertz CT molecular complexity index is 668. The largest absolute Gasteiger partial charge is 0.424 e. The second-order valence-electron chi connectivity index (χ2n) is 3.84. The first-order chi connectivity index (χ1) is 8.28. The zero-order valence-corrected chi connectivity index (χ0v) is 9.64. The van der Waals surface area contributed by atoms with Crippen LogP contribution < -0.4 is 5.32 Å². The van der Waals surface area contributed by atoms with Gasteiger partial charge in [0, 0.05) is 19.7 Å². The second-order valence-corrected chi connectivity index (χ2v) is 3.84. The lowest BCUT2D eigenvalue weighted by atomic mass is 10.1. The number of anilines is 1. The number of nitrogens with zero attached hydrogens (tertiary/aromatic N) is 3. The molecule has 1 N–H and O–H groups in total. The number of oxazole rings is 1. The highest BCUT2D eigenvalue weighted by Gasteiger charge is 2.07. The Hall–Kier alpha value is -2.30. The minimum absolute atomic E-state index is 0.515. The summed E-state index contributed by atoms with van der Waals surface area (Å²) in [5, 5.41) is 2.86. The summed E-state index contributed by atoms with van der Waals surface area (Å²) in [4.78, 5) is 8.41. The van der Waals surface area contributed by atoms with Gasteiger partial charge in [-0.3, -0.25) is 0 Å². The van der Waals surface area contributed by atoms with Gasteiger partial charge in [0.05, 0.1) is 23.6 Å². The molecule has 0 bridgehead atoms. The smallest absolute Gasteiger partial charge is 0.294 e. The molecule has 0 unspecified atom stereocenters. The van der Waals surface area contributed by atoms with Crippen LogP contribution in [0.3, 0.4) is 0 Å². The molecule has 2 aromatic heterocycles. The zero-order chi connectivity index (χ0) is 11.8. The van der Waals surface area contributed by atoms with Crippen molar-refractivity contribution in [3.05, 3.63) is 30.7 Å². The van der Waals surface area contributed by atoms with Gasteiger partial charge in [-0.05, 0) is 18.2 Å². The van der Waals surface area contributed by atoms with E-state index in [9.17, 15) is 0 Å². The Morgan fingerprint density at radius 1 is 1.29 bits per heavy atom. The Balaban J connectivity index is 2.11. The normalized spacial score (nSPS) is 10.9. The fourth-order valence-corrected chi connectivity index (χ4v) is 1.81. The molecule has 3 rings (SSSR count). The highest BCUT2D eigenvalue weighted by molar-refractivity contribution is 5.80. The molecule has 86 valence electrons. The van der Waals surface area contributed by atoms with Crippen LogP contribution in [0.2, 0.25) is 0 Å².